The van der Waals surface area contributed by atoms with E-state index in [1.807, 2.05) is 0 Å². The second-order valence-electron chi connectivity index (χ2n) is 7.39. The van der Waals surface area contributed by atoms with Gasteiger partial charge in [0, 0.05) is 25.0 Å². The first-order valence-corrected chi connectivity index (χ1v) is 9.05. The minimum atomic E-state index is 0.760. The molecule has 2 fully saturated rings. The summed E-state index contributed by atoms with van der Waals surface area (Å²) in [6.07, 6.45) is 7.70. The molecule has 0 radical (unpaired) electrons. The molecule has 2 nitrogen and oxygen atoms in total. The fraction of sp³-hybridized carbons (Fsp3) is 0.600. The molecular formula is C20H28N2. The second kappa shape index (κ2) is 6.17. The standard InChI is InChI=1S/C20H28N2/c1-15-3-2-11-22(15)12-10-16-4-6-17(7-5-16)19-9-8-18-13-21-14-20(18)19/h4-7,9,15,18,20-21H,2-3,8,10-14H2,1H3/t15-,18-,20+/m1/s1. The van der Waals surface area contributed by atoms with E-state index in [0.29, 0.717) is 0 Å². The molecule has 0 amide bonds. The average Bonchev–Trinajstić information content (AvgIpc) is 3.22. The van der Waals surface area contributed by atoms with Crippen LogP contribution in [0.25, 0.3) is 5.57 Å². The Hall–Kier alpha value is -1.12. The normalized spacial score (nSPS) is 31.5. The van der Waals surface area contributed by atoms with Crippen LogP contribution >= 0.6 is 0 Å². The first-order valence-electron chi connectivity index (χ1n) is 9.05. The highest BCUT2D eigenvalue weighted by molar-refractivity contribution is 5.70. The Kier molecular flexibility index (Phi) is 4.06. The van der Waals surface area contributed by atoms with Gasteiger partial charge >= 0.3 is 0 Å². The van der Waals surface area contributed by atoms with Crippen LogP contribution in [0, 0.1) is 11.8 Å². The number of rotatable bonds is 4. The van der Waals surface area contributed by atoms with Gasteiger partial charge in [-0.2, -0.15) is 0 Å². The van der Waals surface area contributed by atoms with Gasteiger partial charge in [0.2, 0.25) is 0 Å². The van der Waals surface area contributed by atoms with Crippen LogP contribution in [0.2, 0.25) is 0 Å². The maximum Gasteiger partial charge on any atom is 0.00675 e. The first-order chi connectivity index (χ1) is 10.8. The fourth-order valence-electron chi connectivity index (χ4n) is 4.57. The van der Waals surface area contributed by atoms with Gasteiger partial charge in [0.25, 0.3) is 0 Å². The molecule has 118 valence electrons. The van der Waals surface area contributed by atoms with Crippen molar-refractivity contribution >= 4 is 5.57 Å². The summed E-state index contributed by atoms with van der Waals surface area (Å²) in [5.41, 5.74) is 4.53. The first kappa shape index (κ1) is 14.5. The molecule has 2 heterocycles. The van der Waals surface area contributed by atoms with Crippen molar-refractivity contribution in [2.75, 3.05) is 26.2 Å². The van der Waals surface area contributed by atoms with Crippen molar-refractivity contribution in [2.24, 2.45) is 11.8 Å². The lowest BCUT2D eigenvalue weighted by Crippen LogP contribution is -2.28. The van der Waals surface area contributed by atoms with E-state index in [1.165, 1.54) is 63.0 Å². The molecule has 1 aromatic rings. The number of fused-ring (bicyclic) bond motifs is 1. The van der Waals surface area contributed by atoms with Gasteiger partial charge in [0.05, 0.1) is 0 Å². The average molecular weight is 296 g/mol. The molecule has 3 aliphatic rings. The molecule has 1 N–H and O–H groups in total. The van der Waals surface area contributed by atoms with Crippen LogP contribution in [0.3, 0.4) is 0 Å². The van der Waals surface area contributed by atoms with Gasteiger partial charge in [0.15, 0.2) is 0 Å². The minimum absolute atomic E-state index is 0.760. The second-order valence-corrected chi connectivity index (χ2v) is 7.39. The van der Waals surface area contributed by atoms with Crippen LogP contribution in [0.4, 0.5) is 0 Å². The summed E-state index contributed by atoms with van der Waals surface area (Å²) < 4.78 is 0. The van der Waals surface area contributed by atoms with Crippen molar-refractivity contribution < 1.29 is 0 Å². The van der Waals surface area contributed by atoms with E-state index in [1.54, 1.807) is 5.57 Å². The van der Waals surface area contributed by atoms with Crippen LogP contribution in [0.15, 0.2) is 30.3 Å². The maximum absolute atomic E-state index is 3.54. The predicted octanol–water partition coefficient (Wildman–Crippen LogP) is 3.34. The van der Waals surface area contributed by atoms with E-state index >= 15 is 0 Å². The fourth-order valence-corrected chi connectivity index (χ4v) is 4.57. The molecule has 2 aliphatic heterocycles. The zero-order chi connectivity index (χ0) is 14.9. The van der Waals surface area contributed by atoms with E-state index in [4.69, 9.17) is 0 Å². The smallest absolute Gasteiger partial charge is 0.00675 e. The van der Waals surface area contributed by atoms with Crippen LogP contribution in [-0.4, -0.2) is 37.1 Å². The van der Waals surface area contributed by atoms with E-state index in [9.17, 15) is 0 Å². The third-order valence-electron chi connectivity index (χ3n) is 6.05. The van der Waals surface area contributed by atoms with Gasteiger partial charge < -0.3 is 10.2 Å². The van der Waals surface area contributed by atoms with E-state index in [2.05, 4.69) is 47.5 Å². The van der Waals surface area contributed by atoms with Gasteiger partial charge in [-0.1, -0.05) is 30.3 Å². The Morgan fingerprint density at radius 2 is 2.05 bits per heavy atom. The predicted molar refractivity (Wildman–Crippen MR) is 92.9 cm³/mol. The monoisotopic (exact) mass is 296 g/mol. The highest BCUT2D eigenvalue weighted by atomic mass is 15.2. The summed E-state index contributed by atoms with van der Waals surface area (Å²) in [5, 5.41) is 3.54. The lowest BCUT2D eigenvalue weighted by Gasteiger charge is -2.20. The SMILES string of the molecule is C[C@@H]1CCCN1CCc1ccc(C2=CC[C@@H]3CNC[C@H]23)cc1. The maximum atomic E-state index is 3.54. The zero-order valence-corrected chi connectivity index (χ0v) is 13.7. The van der Waals surface area contributed by atoms with E-state index in [0.717, 1.165) is 17.9 Å². The molecule has 1 aromatic carbocycles. The minimum Gasteiger partial charge on any atom is -0.316 e. The van der Waals surface area contributed by atoms with Crippen molar-refractivity contribution in [1.82, 2.24) is 10.2 Å². The number of hydrogen-bond acceptors (Lipinski definition) is 2. The van der Waals surface area contributed by atoms with Crippen LogP contribution in [0.1, 0.15) is 37.3 Å². The topological polar surface area (TPSA) is 15.3 Å². The highest BCUT2D eigenvalue weighted by Gasteiger charge is 2.33. The quantitative estimate of drug-likeness (QED) is 0.917. The van der Waals surface area contributed by atoms with E-state index < -0.39 is 0 Å². The van der Waals surface area contributed by atoms with Gasteiger partial charge in [-0.3, -0.25) is 0 Å². The number of benzene rings is 1. The molecular weight excluding hydrogens is 268 g/mol. The third-order valence-corrected chi connectivity index (χ3v) is 6.05. The Labute approximate surface area is 134 Å². The van der Waals surface area contributed by atoms with Crippen molar-refractivity contribution in [1.29, 1.82) is 0 Å². The number of likely N-dealkylation sites (tertiary alicyclic amines) is 1. The molecule has 1 aliphatic carbocycles. The Morgan fingerprint density at radius 1 is 1.18 bits per heavy atom. The molecule has 2 heteroatoms. The lowest BCUT2D eigenvalue weighted by atomic mass is 9.90. The Balaban J connectivity index is 1.38. The summed E-state index contributed by atoms with van der Waals surface area (Å²) in [6, 6.07) is 10.2. The number of hydrogen-bond donors (Lipinski definition) is 1. The molecule has 0 bridgehead atoms. The van der Waals surface area contributed by atoms with Gasteiger partial charge in [0.1, 0.15) is 0 Å². The summed E-state index contributed by atoms with van der Waals surface area (Å²) in [7, 11) is 0. The zero-order valence-electron chi connectivity index (χ0n) is 13.7. The van der Waals surface area contributed by atoms with Gasteiger partial charge in [-0.15, -0.1) is 0 Å². The van der Waals surface area contributed by atoms with Crippen molar-refractivity contribution in [2.45, 2.75) is 38.6 Å². The molecule has 0 unspecified atom stereocenters. The van der Waals surface area contributed by atoms with E-state index in [-0.39, 0.29) is 0 Å². The Morgan fingerprint density at radius 3 is 2.82 bits per heavy atom. The molecule has 22 heavy (non-hydrogen) atoms. The number of nitrogens with zero attached hydrogens (tertiary/aromatic N) is 1. The van der Waals surface area contributed by atoms with Gasteiger partial charge in [-0.25, -0.2) is 0 Å². The molecule has 0 aromatic heterocycles. The summed E-state index contributed by atoms with van der Waals surface area (Å²) in [4.78, 5) is 2.64. The molecule has 0 spiro atoms. The van der Waals surface area contributed by atoms with Crippen molar-refractivity contribution in [3.05, 3.63) is 41.5 Å². The summed E-state index contributed by atoms with van der Waals surface area (Å²) in [5.74, 6) is 1.61. The Bertz CT molecular complexity index is 545. The van der Waals surface area contributed by atoms with Crippen molar-refractivity contribution in [3.63, 3.8) is 0 Å². The largest absolute Gasteiger partial charge is 0.316 e. The van der Waals surface area contributed by atoms with Crippen molar-refractivity contribution in [3.8, 4) is 0 Å². The number of nitrogens with one attached hydrogen (secondary N) is 1. The summed E-state index contributed by atoms with van der Waals surface area (Å²) in [6.45, 7) is 7.26. The molecule has 2 saturated heterocycles. The third kappa shape index (κ3) is 2.75. The lowest BCUT2D eigenvalue weighted by molar-refractivity contribution is 0.272. The van der Waals surface area contributed by atoms with Gasteiger partial charge in [-0.05, 0) is 68.3 Å². The van der Waals surface area contributed by atoms with Crippen LogP contribution in [0.5, 0.6) is 0 Å². The van der Waals surface area contributed by atoms with Crippen LogP contribution < -0.4 is 5.32 Å². The molecule has 4 rings (SSSR count). The summed E-state index contributed by atoms with van der Waals surface area (Å²) >= 11 is 0. The highest BCUT2D eigenvalue weighted by Crippen LogP contribution is 2.40. The van der Waals surface area contributed by atoms with Crippen LogP contribution in [-0.2, 0) is 6.42 Å². The molecule has 0 saturated carbocycles. The number of allylic oxidation sites excluding steroid dienone is 1. The molecule has 3 atom stereocenters.